The highest BCUT2D eigenvalue weighted by Gasteiger charge is 2.44. The fourth-order valence-corrected chi connectivity index (χ4v) is 4.55. The Morgan fingerprint density at radius 1 is 1.12 bits per heavy atom. The third-order valence-corrected chi connectivity index (χ3v) is 5.69. The van der Waals surface area contributed by atoms with E-state index < -0.39 is 0 Å². The summed E-state index contributed by atoms with van der Waals surface area (Å²) in [6, 6.07) is 13.1. The van der Waals surface area contributed by atoms with Crippen LogP contribution in [0.1, 0.15) is 38.3 Å². The highest BCUT2D eigenvalue weighted by Crippen LogP contribution is 2.46. The van der Waals surface area contributed by atoms with Crippen LogP contribution in [-0.4, -0.2) is 11.5 Å². The van der Waals surface area contributed by atoms with E-state index in [9.17, 15) is 4.79 Å². The van der Waals surface area contributed by atoms with Crippen LogP contribution in [0.25, 0.3) is 0 Å². The van der Waals surface area contributed by atoms with E-state index >= 15 is 0 Å². The number of hydrogen-bond acceptors (Lipinski definition) is 3. The van der Waals surface area contributed by atoms with E-state index in [0.717, 1.165) is 29.1 Å². The summed E-state index contributed by atoms with van der Waals surface area (Å²) in [6.07, 6.45) is 1.33. The molecule has 0 saturated heterocycles. The molecule has 1 heterocycles. The molecule has 0 radical (unpaired) electrons. The average molecular weight is 387 g/mol. The zero-order chi connectivity index (χ0) is 18.5. The van der Waals surface area contributed by atoms with Crippen LogP contribution < -0.4 is 5.32 Å². The van der Waals surface area contributed by atoms with Crippen molar-refractivity contribution < 1.29 is 4.79 Å². The topological polar surface area (TPSA) is 41.5 Å². The van der Waals surface area contributed by atoms with Crippen LogP contribution in [0.3, 0.4) is 0 Å². The van der Waals surface area contributed by atoms with E-state index in [1.807, 2.05) is 36.4 Å². The lowest BCUT2D eigenvalue weighted by molar-refractivity contribution is -0.124. The molecule has 2 aromatic rings. The Hall–Kier alpha value is -1.84. The van der Waals surface area contributed by atoms with Crippen molar-refractivity contribution in [3.63, 3.8) is 0 Å². The number of para-hydroxylation sites is 2. The number of nitrogens with one attached hydrogen (secondary N) is 1. The van der Waals surface area contributed by atoms with Gasteiger partial charge in [-0.25, -0.2) is 0 Å². The number of nitrogens with zero attached hydrogens (tertiary/aromatic N) is 1. The molecule has 0 bridgehead atoms. The van der Waals surface area contributed by atoms with Crippen molar-refractivity contribution in [2.24, 2.45) is 16.3 Å². The Labute approximate surface area is 163 Å². The summed E-state index contributed by atoms with van der Waals surface area (Å²) in [5.41, 5.74) is 3.50. The predicted octanol–water partition coefficient (Wildman–Crippen LogP) is 6.24. The third-order valence-electron chi connectivity index (χ3n) is 5.13. The van der Waals surface area contributed by atoms with Gasteiger partial charge in [-0.05, 0) is 41.7 Å². The van der Waals surface area contributed by atoms with Crippen molar-refractivity contribution in [3.05, 3.63) is 58.1 Å². The molecular weight excluding hydrogens is 367 g/mol. The largest absolute Gasteiger partial charge is 0.375 e. The summed E-state index contributed by atoms with van der Waals surface area (Å²) in [4.78, 5) is 18.0. The van der Waals surface area contributed by atoms with Crippen molar-refractivity contribution in [2.45, 2.75) is 32.7 Å². The molecular formula is C21H20Cl2N2O. The molecule has 0 spiro atoms. The highest BCUT2D eigenvalue weighted by molar-refractivity contribution is 6.35. The minimum Gasteiger partial charge on any atom is -0.375 e. The molecule has 2 aliphatic rings. The molecule has 1 saturated carbocycles. The number of rotatable bonds is 1. The van der Waals surface area contributed by atoms with Gasteiger partial charge in [0.1, 0.15) is 5.78 Å². The summed E-state index contributed by atoms with van der Waals surface area (Å²) in [6.45, 7) is 4.25. The number of benzene rings is 2. The fraction of sp³-hybridized carbons (Fsp3) is 0.333. The summed E-state index contributed by atoms with van der Waals surface area (Å²) in [5, 5.41) is 4.67. The first-order chi connectivity index (χ1) is 12.3. The molecule has 3 nitrogen and oxygen atoms in total. The lowest BCUT2D eigenvalue weighted by Gasteiger charge is -2.37. The number of Topliss-reactive ketones (excluding diaryl/α,β-unsaturated/α-hetero) is 1. The molecule has 0 aromatic heterocycles. The first-order valence-corrected chi connectivity index (χ1v) is 9.50. The summed E-state index contributed by atoms with van der Waals surface area (Å²) in [5.74, 6) is -0.120. The summed E-state index contributed by atoms with van der Waals surface area (Å²) in [7, 11) is 0. The number of hydrogen-bond donors (Lipinski definition) is 1. The van der Waals surface area contributed by atoms with Gasteiger partial charge in [-0.1, -0.05) is 55.2 Å². The Morgan fingerprint density at radius 2 is 1.88 bits per heavy atom. The molecule has 134 valence electrons. The Morgan fingerprint density at radius 3 is 2.65 bits per heavy atom. The molecule has 2 atom stereocenters. The van der Waals surface area contributed by atoms with Crippen molar-refractivity contribution in [1.29, 1.82) is 0 Å². The predicted molar refractivity (Wildman–Crippen MR) is 108 cm³/mol. The number of ketones is 1. The first-order valence-electron chi connectivity index (χ1n) is 8.75. The van der Waals surface area contributed by atoms with Crippen LogP contribution in [0.15, 0.2) is 47.5 Å². The quantitative estimate of drug-likeness (QED) is 0.630. The van der Waals surface area contributed by atoms with Crippen molar-refractivity contribution >= 4 is 46.1 Å². The monoisotopic (exact) mass is 386 g/mol. The minimum atomic E-state index is -0.325. The standard InChI is InChI=1S/C21H20Cl2N2O/c1-21(2)10-17-19(18(26)11-21)20(13-8-7-12(22)9-14(13)23)25-16-6-4-3-5-15(16)24-17/h3-9,19-20,25H,10-11H2,1-2H3/t19?,20-/m1/s1. The molecule has 26 heavy (non-hydrogen) atoms. The van der Waals surface area contributed by atoms with E-state index in [2.05, 4.69) is 19.2 Å². The molecule has 1 N–H and O–H groups in total. The maximum atomic E-state index is 13.1. The van der Waals surface area contributed by atoms with Crippen LogP contribution >= 0.6 is 23.2 Å². The van der Waals surface area contributed by atoms with Gasteiger partial charge in [0.25, 0.3) is 0 Å². The average Bonchev–Trinajstić information content (AvgIpc) is 2.69. The molecule has 5 heteroatoms. The number of aliphatic imine (C=N–C) groups is 1. The van der Waals surface area contributed by atoms with Crippen molar-refractivity contribution in [2.75, 3.05) is 5.32 Å². The van der Waals surface area contributed by atoms with Gasteiger partial charge in [-0.15, -0.1) is 0 Å². The van der Waals surface area contributed by atoms with E-state index in [-0.39, 0.29) is 23.2 Å². The Bertz CT molecular complexity index is 920. The van der Waals surface area contributed by atoms with Gasteiger partial charge >= 0.3 is 0 Å². The number of fused-ring (bicyclic) bond motifs is 2. The number of carbonyl (C=O) groups is 1. The summed E-state index contributed by atoms with van der Waals surface area (Å²) >= 11 is 12.6. The second-order valence-electron chi connectivity index (χ2n) is 7.87. The van der Waals surface area contributed by atoms with Crippen LogP contribution in [0.5, 0.6) is 0 Å². The highest BCUT2D eigenvalue weighted by atomic mass is 35.5. The van der Waals surface area contributed by atoms with E-state index in [1.54, 1.807) is 6.07 Å². The van der Waals surface area contributed by atoms with Gasteiger partial charge in [0.15, 0.2) is 0 Å². The van der Waals surface area contributed by atoms with Crippen molar-refractivity contribution in [1.82, 2.24) is 0 Å². The van der Waals surface area contributed by atoms with Gasteiger partial charge in [-0.3, -0.25) is 9.79 Å². The van der Waals surface area contributed by atoms with Crippen molar-refractivity contribution in [3.8, 4) is 0 Å². The van der Waals surface area contributed by atoms with Crippen LogP contribution in [0, 0.1) is 11.3 Å². The van der Waals surface area contributed by atoms with E-state index in [0.29, 0.717) is 16.5 Å². The minimum absolute atomic E-state index is 0.0833. The van der Waals surface area contributed by atoms with Gasteiger partial charge in [0.05, 0.1) is 23.3 Å². The molecule has 2 aromatic carbocycles. The maximum Gasteiger partial charge on any atom is 0.144 e. The van der Waals surface area contributed by atoms with Gasteiger partial charge in [0.2, 0.25) is 0 Å². The zero-order valence-electron chi connectivity index (χ0n) is 14.7. The first kappa shape index (κ1) is 17.6. The molecule has 0 amide bonds. The zero-order valence-corrected chi connectivity index (χ0v) is 16.2. The van der Waals surface area contributed by atoms with Gasteiger partial charge < -0.3 is 5.32 Å². The fourth-order valence-electron chi connectivity index (χ4n) is 4.03. The van der Waals surface area contributed by atoms with E-state index in [4.69, 9.17) is 28.2 Å². The van der Waals surface area contributed by atoms with Gasteiger partial charge in [-0.2, -0.15) is 0 Å². The number of carbonyl (C=O) groups excluding carboxylic acids is 1. The van der Waals surface area contributed by atoms with Crippen LogP contribution in [-0.2, 0) is 4.79 Å². The summed E-state index contributed by atoms with van der Waals surface area (Å²) < 4.78 is 0. The molecule has 1 aliphatic heterocycles. The Balaban J connectivity index is 1.89. The lowest BCUT2D eigenvalue weighted by atomic mass is 9.68. The van der Waals surface area contributed by atoms with Gasteiger partial charge in [0, 0.05) is 22.2 Å². The Kier molecular flexibility index (Phi) is 4.32. The van der Waals surface area contributed by atoms with Crippen LogP contribution in [0.4, 0.5) is 11.4 Å². The number of anilines is 1. The SMILES string of the molecule is CC1(C)CC(=O)C2C(=Nc3ccccc3N[C@@H]2c2ccc(Cl)cc2Cl)C1. The van der Waals surface area contributed by atoms with Crippen LogP contribution in [0.2, 0.25) is 10.0 Å². The number of halogens is 2. The second-order valence-corrected chi connectivity index (χ2v) is 8.71. The molecule has 1 unspecified atom stereocenters. The molecule has 1 fully saturated rings. The second kappa shape index (κ2) is 6.40. The molecule has 1 aliphatic carbocycles. The third kappa shape index (κ3) is 3.15. The maximum absolute atomic E-state index is 13.1. The molecule has 4 rings (SSSR count). The lowest BCUT2D eigenvalue weighted by Crippen LogP contribution is -2.42. The normalized spacial score (nSPS) is 24.0. The smallest absolute Gasteiger partial charge is 0.144 e. The van der Waals surface area contributed by atoms with E-state index in [1.165, 1.54) is 0 Å².